The maximum absolute atomic E-state index is 12.7. The summed E-state index contributed by atoms with van der Waals surface area (Å²) in [7, 11) is 0.523. The maximum atomic E-state index is 12.7. The third-order valence-electron chi connectivity index (χ3n) is 4.09. The molecule has 0 amide bonds. The van der Waals surface area contributed by atoms with Crippen LogP contribution >= 0.6 is 0 Å². The zero-order chi connectivity index (χ0) is 15.6. The van der Waals surface area contributed by atoms with Crippen LogP contribution < -0.4 is 0 Å². The molecule has 5 nitrogen and oxygen atoms in total. The van der Waals surface area contributed by atoms with E-state index in [2.05, 4.69) is 4.90 Å². The van der Waals surface area contributed by atoms with E-state index in [0.717, 1.165) is 18.4 Å². The molecule has 1 fully saturated rings. The Morgan fingerprint density at radius 2 is 1.90 bits per heavy atom. The molecule has 1 aromatic rings. The molecular formula is C15H24N2O3S. The number of piperidine rings is 1. The van der Waals surface area contributed by atoms with E-state index in [4.69, 9.17) is 0 Å². The van der Waals surface area contributed by atoms with E-state index in [1.54, 1.807) is 35.5 Å². The van der Waals surface area contributed by atoms with E-state index in [1.165, 1.54) is 0 Å². The topological polar surface area (TPSA) is 60.9 Å². The lowest BCUT2D eigenvalue weighted by molar-refractivity contribution is 0.190. The quantitative estimate of drug-likeness (QED) is 0.914. The van der Waals surface area contributed by atoms with E-state index < -0.39 is 16.1 Å². The van der Waals surface area contributed by atoms with Crippen molar-refractivity contribution in [1.29, 1.82) is 0 Å². The number of aliphatic hydroxyl groups is 1. The SMILES string of the molecule is CC(O)c1ccc(S(=O)(=O)N2CCCC(N(C)C)C2)cc1. The van der Waals surface area contributed by atoms with Gasteiger partial charge >= 0.3 is 0 Å². The highest BCUT2D eigenvalue weighted by Gasteiger charge is 2.30. The molecule has 1 aliphatic heterocycles. The van der Waals surface area contributed by atoms with Crippen molar-refractivity contribution in [3.05, 3.63) is 29.8 Å². The highest BCUT2D eigenvalue weighted by Crippen LogP contribution is 2.23. The van der Waals surface area contributed by atoms with Crippen molar-refractivity contribution in [3.8, 4) is 0 Å². The molecule has 118 valence electrons. The van der Waals surface area contributed by atoms with E-state index in [9.17, 15) is 13.5 Å². The first kappa shape index (κ1) is 16.4. The number of sulfonamides is 1. The third-order valence-corrected chi connectivity index (χ3v) is 5.97. The van der Waals surface area contributed by atoms with Crippen molar-refractivity contribution in [2.24, 2.45) is 0 Å². The minimum absolute atomic E-state index is 0.269. The van der Waals surface area contributed by atoms with Crippen molar-refractivity contribution in [1.82, 2.24) is 9.21 Å². The van der Waals surface area contributed by atoms with E-state index >= 15 is 0 Å². The summed E-state index contributed by atoms with van der Waals surface area (Å²) in [5.41, 5.74) is 0.721. The molecule has 2 rings (SSSR count). The molecule has 21 heavy (non-hydrogen) atoms. The van der Waals surface area contributed by atoms with Gasteiger partial charge in [-0.25, -0.2) is 8.42 Å². The van der Waals surface area contributed by atoms with Crippen molar-refractivity contribution >= 4 is 10.0 Å². The first-order valence-electron chi connectivity index (χ1n) is 7.27. The number of hydrogen-bond donors (Lipinski definition) is 1. The first-order chi connectivity index (χ1) is 9.82. The van der Waals surface area contributed by atoms with E-state index in [-0.39, 0.29) is 6.04 Å². The van der Waals surface area contributed by atoms with Crippen LogP contribution in [0.5, 0.6) is 0 Å². The second-order valence-corrected chi connectivity index (χ2v) is 7.81. The normalized spacial score (nSPS) is 22.4. The summed E-state index contributed by atoms with van der Waals surface area (Å²) in [5, 5.41) is 9.50. The molecule has 6 heteroatoms. The van der Waals surface area contributed by atoms with Crippen LogP contribution in [-0.4, -0.2) is 56.0 Å². The van der Waals surface area contributed by atoms with Gasteiger partial charge in [-0.1, -0.05) is 12.1 Å². The van der Waals surface area contributed by atoms with Gasteiger partial charge in [-0.15, -0.1) is 0 Å². The summed E-state index contributed by atoms with van der Waals surface area (Å²) in [6, 6.07) is 6.77. The average molecular weight is 312 g/mol. The molecule has 0 aliphatic carbocycles. The van der Waals surface area contributed by atoms with Gasteiger partial charge in [-0.3, -0.25) is 0 Å². The van der Waals surface area contributed by atoms with Gasteiger partial charge in [0.15, 0.2) is 0 Å². The predicted molar refractivity (Wildman–Crippen MR) is 82.5 cm³/mol. The van der Waals surface area contributed by atoms with Gasteiger partial charge in [0.2, 0.25) is 10.0 Å². The Morgan fingerprint density at radius 1 is 1.29 bits per heavy atom. The highest BCUT2D eigenvalue weighted by atomic mass is 32.2. The summed E-state index contributed by atoms with van der Waals surface area (Å²) >= 11 is 0. The Labute approximate surface area is 127 Å². The molecule has 0 spiro atoms. The molecule has 1 aromatic carbocycles. The largest absolute Gasteiger partial charge is 0.389 e. The average Bonchev–Trinajstić information content (AvgIpc) is 2.47. The van der Waals surface area contributed by atoms with Crippen LogP contribution in [0.4, 0.5) is 0 Å². The van der Waals surface area contributed by atoms with Crippen LogP contribution in [0.1, 0.15) is 31.4 Å². The van der Waals surface area contributed by atoms with Gasteiger partial charge in [0.05, 0.1) is 11.0 Å². The van der Waals surface area contributed by atoms with Crippen LogP contribution in [-0.2, 0) is 10.0 Å². The van der Waals surface area contributed by atoms with Crippen LogP contribution in [0, 0.1) is 0 Å². The molecule has 1 heterocycles. The highest BCUT2D eigenvalue weighted by molar-refractivity contribution is 7.89. The van der Waals surface area contributed by atoms with Crippen LogP contribution in [0.3, 0.4) is 0 Å². The molecule has 0 radical (unpaired) electrons. The predicted octanol–water partition coefficient (Wildman–Crippen LogP) is 1.45. The van der Waals surface area contributed by atoms with Crippen molar-refractivity contribution < 1.29 is 13.5 Å². The molecule has 0 saturated carbocycles. The number of aliphatic hydroxyl groups excluding tert-OH is 1. The summed E-state index contributed by atoms with van der Waals surface area (Å²) in [6.45, 7) is 2.77. The minimum atomic E-state index is -3.45. The van der Waals surface area contributed by atoms with Crippen molar-refractivity contribution in [2.45, 2.75) is 36.8 Å². The van der Waals surface area contributed by atoms with Crippen molar-refractivity contribution in [3.63, 3.8) is 0 Å². The van der Waals surface area contributed by atoms with Gasteiger partial charge < -0.3 is 10.0 Å². The second kappa shape index (κ2) is 6.44. The van der Waals surface area contributed by atoms with E-state index in [0.29, 0.717) is 18.0 Å². The number of likely N-dealkylation sites (N-methyl/N-ethyl adjacent to an activating group) is 1. The van der Waals surface area contributed by atoms with Gasteiger partial charge in [-0.05, 0) is 51.6 Å². The van der Waals surface area contributed by atoms with Crippen LogP contribution in [0.15, 0.2) is 29.2 Å². The molecule has 2 atom stereocenters. The lowest BCUT2D eigenvalue weighted by atomic mass is 10.1. The van der Waals surface area contributed by atoms with Gasteiger partial charge in [-0.2, -0.15) is 4.31 Å². The molecule has 0 aromatic heterocycles. The fraction of sp³-hybridized carbons (Fsp3) is 0.600. The summed E-state index contributed by atoms with van der Waals surface area (Å²) < 4.78 is 26.9. The first-order valence-corrected chi connectivity index (χ1v) is 8.71. The molecule has 2 unspecified atom stereocenters. The number of nitrogens with zero attached hydrogens (tertiary/aromatic N) is 2. The zero-order valence-electron chi connectivity index (χ0n) is 12.9. The third kappa shape index (κ3) is 3.63. The Balaban J connectivity index is 2.21. The Kier molecular flexibility index (Phi) is 5.03. The van der Waals surface area contributed by atoms with Crippen molar-refractivity contribution in [2.75, 3.05) is 27.2 Å². The smallest absolute Gasteiger partial charge is 0.243 e. The summed E-state index contributed by atoms with van der Waals surface area (Å²) in [5.74, 6) is 0. The fourth-order valence-corrected chi connectivity index (χ4v) is 4.14. The number of rotatable bonds is 4. The molecule has 0 bridgehead atoms. The monoisotopic (exact) mass is 312 g/mol. The van der Waals surface area contributed by atoms with Gasteiger partial charge in [0.1, 0.15) is 0 Å². The van der Waals surface area contributed by atoms with Gasteiger partial charge in [0, 0.05) is 19.1 Å². The Hall–Kier alpha value is -0.950. The maximum Gasteiger partial charge on any atom is 0.243 e. The standard InChI is InChI=1S/C15H24N2O3S/c1-12(18)13-6-8-15(9-7-13)21(19,20)17-10-4-5-14(11-17)16(2)3/h6-9,12,14,18H,4-5,10-11H2,1-3H3. The number of hydrogen-bond acceptors (Lipinski definition) is 4. The lowest BCUT2D eigenvalue weighted by Gasteiger charge is -2.35. The fourth-order valence-electron chi connectivity index (χ4n) is 2.63. The minimum Gasteiger partial charge on any atom is -0.389 e. The molecular weight excluding hydrogens is 288 g/mol. The Morgan fingerprint density at radius 3 is 2.43 bits per heavy atom. The summed E-state index contributed by atoms with van der Waals surface area (Å²) in [6.07, 6.45) is 1.32. The lowest BCUT2D eigenvalue weighted by Crippen LogP contribution is -2.47. The van der Waals surface area contributed by atoms with Crippen LogP contribution in [0.2, 0.25) is 0 Å². The van der Waals surface area contributed by atoms with Crippen LogP contribution in [0.25, 0.3) is 0 Å². The van der Waals surface area contributed by atoms with Gasteiger partial charge in [0.25, 0.3) is 0 Å². The Bertz CT molecular complexity index is 567. The molecule has 1 aliphatic rings. The summed E-state index contributed by atoms with van der Waals surface area (Å²) in [4.78, 5) is 2.38. The molecule has 1 saturated heterocycles. The number of benzene rings is 1. The molecule has 1 N–H and O–H groups in total. The van der Waals surface area contributed by atoms with E-state index in [1.807, 2.05) is 14.1 Å². The zero-order valence-corrected chi connectivity index (χ0v) is 13.7. The second-order valence-electron chi connectivity index (χ2n) is 5.87.